The summed E-state index contributed by atoms with van der Waals surface area (Å²) in [5.41, 5.74) is 4.14. The summed E-state index contributed by atoms with van der Waals surface area (Å²) in [4.78, 5) is 34.2. The number of ether oxygens (including phenoxy) is 2. The lowest BCUT2D eigenvalue weighted by atomic mass is 9.82. The van der Waals surface area contributed by atoms with E-state index in [0.717, 1.165) is 48.2 Å². The quantitative estimate of drug-likeness (QED) is 0.506. The molecule has 1 heterocycles. The van der Waals surface area contributed by atoms with Crippen molar-refractivity contribution in [1.82, 2.24) is 15.3 Å². The van der Waals surface area contributed by atoms with Crippen LogP contribution in [0.1, 0.15) is 68.4 Å². The molecule has 4 rings (SSSR count). The number of hydrogen-bond donors (Lipinski definition) is 1. The summed E-state index contributed by atoms with van der Waals surface area (Å²) in [7, 11) is 1.37. The van der Waals surface area contributed by atoms with Crippen LogP contribution in [0.25, 0.3) is 22.3 Å². The fourth-order valence-corrected chi connectivity index (χ4v) is 4.39. The molecular weight excluding hydrogens is 430 g/mol. The number of amides is 1. The molecule has 0 unspecified atom stereocenters. The number of carbonyl (C=O) groups is 2. The number of esters is 1. The van der Waals surface area contributed by atoms with Crippen molar-refractivity contribution in [2.75, 3.05) is 7.11 Å². The maximum atomic E-state index is 12.2. The van der Waals surface area contributed by atoms with Crippen LogP contribution in [0.4, 0.5) is 4.79 Å². The average molecular weight is 462 g/mol. The van der Waals surface area contributed by atoms with Crippen LogP contribution in [0, 0.1) is 0 Å². The second-order valence-corrected chi connectivity index (χ2v) is 9.71. The van der Waals surface area contributed by atoms with Gasteiger partial charge in [-0.3, -0.25) is 0 Å². The van der Waals surface area contributed by atoms with Gasteiger partial charge in [0.1, 0.15) is 5.60 Å². The molecule has 1 aliphatic rings. The van der Waals surface area contributed by atoms with Crippen LogP contribution < -0.4 is 5.32 Å². The van der Waals surface area contributed by atoms with E-state index >= 15 is 0 Å². The molecule has 2 aromatic carbocycles. The van der Waals surface area contributed by atoms with Gasteiger partial charge in [0.15, 0.2) is 0 Å². The van der Waals surface area contributed by atoms with Gasteiger partial charge in [-0.1, -0.05) is 30.3 Å². The number of methoxy groups -OCH3 is 1. The van der Waals surface area contributed by atoms with E-state index in [4.69, 9.17) is 19.4 Å². The van der Waals surface area contributed by atoms with E-state index in [1.807, 2.05) is 57.2 Å². The van der Waals surface area contributed by atoms with Crippen molar-refractivity contribution in [3.05, 3.63) is 59.8 Å². The van der Waals surface area contributed by atoms with E-state index in [1.54, 1.807) is 12.1 Å². The van der Waals surface area contributed by atoms with E-state index in [1.165, 1.54) is 7.11 Å². The predicted octanol–water partition coefficient (Wildman–Crippen LogP) is 5.63. The fourth-order valence-electron chi connectivity index (χ4n) is 4.39. The summed E-state index contributed by atoms with van der Waals surface area (Å²) < 4.78 is 10.3. The molecule has 7 heteroatoms. The number of benzene rings is 2. The third kappa shape index (κ3) is 5.53. The predicted molar refractivity (Wildman–Crippen MR) is 131 cm³/mol. The van der Waals surface area contributed by atoms with E-state index < -0.39 is 11.6 Å². The van der Waals surface area contributed by atoms with Gasteiger partial charge < -0.3 is 14.8 Å². The van der Waals surface area contributed by atoms with Crippen molar-refractivity contribution in [3.63, 3.8) is 0 Å². The SMILES string of the molecule is COC(=O)c1ccc2nc(-c3ccccc3)c(C3CCC(NC(=O)OC(C)(C)C)CC3)nc2c1. The Morgan fingerprint density at radius 3 is 2.29 bits per heavy atom. The molecule has 0 bridgehead atoms. The summed E-state index contributed by atoms with van der Waals surface area (Å²) >= 11 is 0. The summed E-state index contributed by atoms with van der Waals surface area (Å²) in [5, 5.41) is 3.00. The number of aromatic nitrogens is 2. The molecule has 0 spiro atoms. The van der Waals surface area contributed by atoms with Crippen LogP contribution in [0.15, 0.2) is 48.5 Å². The smallest absolute Gasteiger partial charge is 0.407 e. The van der Waals surface area contributed by atoms with Gasteiger partial charge in [0, 0.05) is 17.5 Å². The molecule has 1 N–H and O–H groups in total. The molecule has 1 saturated carbocycles. The molecule has 0 atom stereocenters. The zero-order chi connectivity index (χ0) is 24.3. The average Bonchev–Trinajstić information content (AvgIpc) is 2.82. The van der Waals surface area contributed by atoms with Gasteiger partial charge in [-0.05, 0) is 64.7 Å². The highest BCUT2D eigenvalue weighted by molar-refractivity contribution is 5.93. The van der Waals surface area contributed by atoms with Crippen molar-refractivity contribution in [1.29, 1.82) is 0 Å². The third-order valence-electron chi connectivity index (χ3n) is 5.99. The van der Waals surface area contributed by atoms with Gasteiger partial charge in [-0.15, -0.1) is 0 Å². The first-order valence-electron chi connectivity index (χ1n) is 11.7. The van der Waals surface area contributed by atoms with Gasteiger partial charge in [0.2, 0.25) is 0 Å². The number of nitrogens with zero attached hydrogens (tertiary/aromatic N) is 2. The molecular formula is C27H31N3O4. The molecule has 0 aliphatic heterocycles. The number of alkyl carbamates (subject to hydrolysis) is 1. The molecule has 178 valence electrons. The maximum Gasteiger partial charge on any atom is 0.407 e. The highest BCUT2D eigenvalue weighted by Crippen LogP contribution is 2.37. The zero-order valence-electron chi connectivity index (χ0n) is 20.1. The molecule has 1 aliphatic carbocycles. The largest absolute Gasteiger partial charge is 0.465 e. The normalized spacial score (nSPS) is 18.4. The Morgan fingerprint density at radius 2 is 1.65 bits per heavy atom. The summed E-state index contributed by atoms with van der Waals surface area (Å²) in [5.74, 6) is -0.198. The lowest BCUT2D eigenvalue weighted by molar-refractivity contribution is 0.0490. The molecule has 1 aromatic heterocycles. The van der Waals surface area contributed by atoms with Crippen molar-refractivity contribution >= 4 is 23.1 Å². The Bertz CT molecular complexity index is 1180. The molecule has 3 aromatic rings. The van der Waals surface area contributed by atoms with Gasteiger partial charge in [0.05, 0.1) is 35.1 Å². The topological polar surface area (TPSA) is 90.4 Å². The molecule has 0 radical (unpaired) electrons. The second kappa shape index (κ2) is 9.79. The Morgan fingerprint density at radius 1 is 0.941 bits per heavy atom. The van der Waals surface area contributed by atoms with Crippen LogP contribution in [0.3, 0.4) is 0 Å². The number of nitrogens with one attached hydrogen (secondary N) is 1. The number of carbonyl (C=O) groups excluding carboxylic acids is 2. The molecule has 1 amide bonds. The van der Waals surface area contributed by atoms with Crippen LogP contribution in [0.5, 0.6) is 0 Å². The standard InChI is InChI=1S/C27H31N3O4/c1-27(2,3)34-26(32)28-20-13-10-18(11-14-20)24-23(17-8-6-5-7-9-17)29-21-15-12-19(25(31)33-4)16-22(21)30-24/h5-9,12,15-16,18,20H,10-11,13-14H2,1-4H3,(H,28,32). The van der Waals surface area contributed by atoms with Gasteiger partial charge in [-0.2, -0.15) is 0 Å². The summed E-state index contributed by atoms with van der Waals surface area (Å²) in [6.45, 7) is 5.58. The van der Waals surface area contributed by atoms with E-state index in [-0.39, 0.29) is 18.1 Å². The van der Waals surface area contributed by atoms with Crippen molar-refractivity contribution in [3.8, 4) is 11.3 Å². The van der Waals surface area contributed by atoms with Crippen LogP contribution in [0.2, 0.25) is 0 Å². The number of rotatable bonds is 4. The molecule has 1 fully saturated rings. The minimum atomic E-state index is -0.518. The highest BCUT2D eigenvalue weighted by Gasteiger charge is 2.28. The Balaban J connectivity index is 1.61. The minimum absolute atomic E-state index is 0.0746. The molecule has 0 saturated heterocycles. The Kier molecular flexibility index (Phi) is 6.82. The van der Waals surface area contributed by atoms with Gasteiger partial charge in [-0.25, -0.2) is 19.6 Å². The summed E-state index contributed by atoms with van der Waals surface area (Å²) in [6.07, 6.45) is 3.04. The number of hydrogen-bond acceptors (Lipinski definition) is 6. The monoisotopic (exact) mass is 461 g/mol. The lowest BCUT2D eigenvalue weighted by Crippen LogP contribution is -2.40. The molecule has 34 heavy (non-hydrogen) atoms. The van der Waals surface area contributed by atoms with Crippen LogP contribution in [-0.2, 0) is 9.47 Å². The zero-order valence-corrected chi connectivity index (χ0v) is 20.1. The van der Waals surface area contributed by atoms with Gasteiger partial charge in [0.25, 0.3) is 0 Å². The number of fused-ring (bicyclic) bond motifs is 1. The highest BCUT2D eigenvalue weighted by atomic mass is 16.6. The van der Waals surface area contributed by atoms with Crippen molar-refractivity contribution < 1.29 is 19.1 Å². The first-order valence-corrected chi connectivity index (χ1v) is 11.7. The summed E-state index contributed by atoms with van der Waals surface area (Å²) in [6, 6.07) is 15.4. The first kappa shape index (κ1) is 23.7. The van der Waals surface area contributed by atoms with Crippen molar-refractivity contribution in [2.24, 2.45) is 0 Å². The molecule has 7 nitrogen and oxygen atoms in total. The lowest BCUT2D eigenvalue weighted by Gasteiger charge is -2.30. The minimum Gasteiger partial charge on any atom is -0.465 e. The maximum absolute atomic E-state index is 12.2. The van der Waals surface area contributed by atoms with Crippen LogP contribution in [-0.4, -0.2) is 40.8 Å². The van der Waals surface area contributed by atoms with Crippen molar-refractivity contribution in [2.45, 2.75) is 64.0 Å². The fraction of sp³-hybridized carbons (Fsp3) is 0.407. The first-order chi connectivity index (χ1) is 16.2. The second-order valence-electron chi connectivity index (χ2n) is 9.71. The Labute approximate surface area is 199 Å². The van der Waals surface area contributed by atoms with Gasteiger partial charge >= 0.3 is 12.1 Å². The van der Waals surface area contributed by atoms with E-state index in [9.17, 15) is 9.59 Å². The van der Waals surface area contributed by atoms with Crippen LogP contribution >= 0.6 is 0 Å². The van der Waals surface area contributed by atoms with E-state index in [0.29, 0.717) is 11.1 Å². The van der Waals surface area contributed by atoms with E-state index in [2.05, 4.69) is 5.32 Å². The Hall–Kier alpha value is -3.48. The third-order valence-corrected chi connectivity index (χ3v) is 5.99.